The van der Waals surface area contributed by atoms with E-state index in [1.807, 2.05) is 36.4 Å². The molecule has 1 heterocycles. The van der Waals surface area contributed by atoms with Crippen LogP contribution in [-0.2, 0) is 11.3 Å². The van der Waals surface area contributed by atoms with Crippen LogP contribution in [0.1, 0.15) is 31.2 Å². The monoisotopic (exact) mass is 303 g/mol. The summed E-state index contributed by atoms with van der Waals surface area (Å²) in [6.07, 6.45) is 4.53. The van der Waals surface area contributed by atoms with Gasteiger partial charge in [-0.25, -0.2) is 4.79 Å². The number of likely N-dealkylation sites (tertiary alicyclic amines) is 1. The smallest absolute Gasteiger partial charge is 0.410 e. The molecule has 1 aromatic rings. The van der Waals surface area contributed by atoms with Gasteiger partial charge in [-0.1, -0.05) is 36.4 Å². The Labute approximate surface area is 132 Å². The van der Waals surface area contributed by atoms with Crippen molar-refractivity contribution < 1.29 is 14.6 Å². The van der Waals surface area contributed by atoms with Gasteiger partial charge in [0.05, 0.1) is 6.10 Å². The Balaban J connectivity index is 1.71. The molecule has 1 unspecified atom stereocenters. The lowest BCUT2D eigenvalue weighted by atomic mass is 9.89. The maximum atomic E-state index is 12.0. The third-order valence-corrected chi connectivity index (χ3v) is 4.21. The lowest BCUT2D eigenvalue weighted by molar-refractivity contribution is 0.0423. The van der Waals surface area contributed by atoms with Crippen molar-refractivity contribution in [2.45, 2.75) is 38.4 Å². The van der Waals surface area contributed by atoms with Crippen molar-refractivity contribution in [2.24, 2.45) is 5.92 Å². The first-order valence-electron chi connectivity index (χ1n) is 7.95. The number of amides is 1. The molecule has 0 radical (unpaired) electrons. The summed E-state index contributed by atoms with van der Waals surface area (Å²) in [6, 6.07) is 9.68. The molecule has 0 aromatic heterocycles. The van der Waals surface area contributed by atoms with Gasteiger partial charge in [0.15, 0.2) is 0 Å². The number of allylic oxidation sites excluding steroid dienone is 1. The number of hydrogen-bond donors (Lipinski definition) is 1. The Morgan fingerprint density at radius 3 is 2.68 bits per heavy atom. The molecule has 1 amide bonds. The highest BCUT2D eigenvalue weighted by Crippen LogP contribution is 2.23. The second-order valence-electron chi connectivity index (χ2n) is 5.80. The first-order chi connectivity index (χ1) is 10.7. The van der Waals surface area contributed by atoms with E-state index in [-0.39, 0.29) is 18.1 Å². The second-order valence-corrected chi connectivity index (χ2v) is 5.80. The molecular weight excluding hydrogens is 278 g/mol. The number of benzene rings is 1. The molecule has 0 spiro atoms. The second kappa shape index (κ2) is 8.59. The minimum Gasteiger partial charge on any atom is -0.445 e. The number of piperidine rings is 1. The van der Waals surface area contributed by atoms with Crippen molar-refractivity contribution >= 4 is 6.09 Å². The van der Waals surface area contributed by atoms with E-state index in [4.69, 9.17) is 4.74 Å². The summed E-state index contributed by atoms with van der Waals surface area (Å²) < 4.78 is 5.34. The van der Waals surface area contributed by atoms with Crippen molar-refractivity contribution in [1.29, 1.82) is 0 Å². The number of rotatable bonds is 6. The first kappa shape index (κ1) is 16.6. The molecule has 120 valence electrons. The zero-order valence-corrected chi connectivity index (χ0v) is 13.0. The van der Waals surface area contributed by atoms with Crippen molar-refractivity contribution in [1.82, 2.24) is 4.90 Å². The first-order valence-corrected chi connectivity index (χ1v) is 7.95. The van der Waals surface area contributed by atoms with Crippen molar-refractivity contribution in [2.75, 3.05) is 13.1 Å². The molecule has 22 heavy (non-hydrogen) atoms. The summed E-state index contributed by atoms with van der Waals surface area (Å²) in [7, 11) is 0. The van der Waals surface area contributed by atoms with E-state index in [1.165, 1.54) is 0 Å². The highest BCUT2D eigenvalue weighted by atomic mass is 16.6. The van der Waals surface area contributed by atoms with E-state index < -0.39 is 0 Å². The van der Waals surface area contributed by atoms with Gasteiger partial charge in [0.1, 0.15) is 6.61 Å². The van der Waals surface area contributed by atoms with Gasteiger partial charge in [0.2, 0.25) is 0 Å². The molecule has 0 saturated carbocycles. The Morgan fingerprint density at radius 2 is 2.05 bits per heavy atom. The van der Waals surface area contributed by atoms with E-state index in [0.29, 0.717) is 19.7 Å². The van der Waals surface area contributed by atoms with Gasteiger partial charge >= 0.3 is 6.09 Å². The average molecular weight is 303 g/mol. The molecule has 1 aromatic carbocycles. The van der Waals surface area contributed by atoms with Crippen LogP contribution in [0.2, 0.25) is 0 Å². The lowest BCUT2D eigenvalue weighted by Crippen LogP contribution is -2.41. The average Bonchev–Trinajstić information content (AvgIpc) is 2.58. The Morgan fingerprint density at radius 1 is 1.36 bits per heavy atom. The molecule has 4 heteroatoms. The Kier molecular flexibility index (Phi) is 6.46. The van der Waals surface area contributed by atoms with Crippen LogP contribution in [0.3, 0.4) is 0 Å². The number of carbonyl (C=O) groups excluding carboxylic acids is 1. The van der Waals surface area contributed by atoms with Crippen LogP contribution < -0.4 is 0 Å². The van der Waals surface area contributed by atoms with Gasteiger partial charge in [-0.05, 0) is 37.2 Å². The molecule has 0 bridgehead atoms. The van der Waals surface area contributed by atoms with Gasteiger partial charge in [0.25, 0.3) is 0 Å². The topological polar surface area (TPSA) is 49.8 Å². The predicted molar refractivity (Wildman–Crippen MR) is 86.4 cm³/mol. The summed E-state index contributed by atoms with van der Waals surface area (Å²) in [4.78, 5) is 13.8. The Bertz CT molecular complexity index is 466. The van der Waals surface area contributed by atoms with Gasteiger partial charge in [-0.3, -0.25) is 0 Å². The van der Waals surface area contributed by atoms with Crippen LogP contribution in [0, 0.1) is 5.92 Å². The number of ether oxygens (including phenoxy) is 1. The fraction of sp³-hybridized carbons (Fsp3) is 0.500. The minimum atomic E-state index is -0.291. The zero-order chi connectivity index (χ0) is 15.8. The Hall–Kier alpha value is -1.81. The van der Waals surface area contributed by atoms with Gasteiger partial charge in [-0.2, -0.15) is 0 Å². The van der Waals surface area contributed by atoms with Crippen LogP contribution in [0.15, 0.2) is 43.0 Å². The van der Waals surface area contributed by atoms with E-state index >= 15 is 0 Å². The fourth-order valence-electron chi connectivity index (χ4n) is 2.80. The maximum Gasteiger partial charge on any atom is 0.410 e. The number of aliphatic hydroxyl groups is 1. The molecule has 0 aliphatic carbocycles. The third kappa shape index (κ3) is 4.88. The van der Waals surface area contributed by atoms with E-state index in [9.17, 15) is 9.90 Å². The van der Waals surface area contributed by atoms with Crippen molar-refractivity contribution in [3.05, 3.63) is 48.6 Å². The summed E-state index contributed by atoms with van der Waals surface area (Å²) in [5.41, 5.74) is 0.991. The van der Waals surface area contributed by atoms with Crippen LogP contribution in [0.4, 0.5) is 4.79 Å². The minimum absolute atomic E-state index is 0.261. The van der Waals surface area contributed by atoms with E-state index in [2.05, 4.69) is 6.58 Å². The van der Waals surface area contributed by atoms with Gasteiger partial charge in [-0.15, -0.1) is 6.58 Å². The van der Waals surface area contributed by atoms with Gasteiger partial charge in [0, 0.05) is 13.1 Å². The zero-order valence-electron chi connectivity index (χ0n) is 13.0. The molecule has 1 fully saturated rings. The molecule has 1 N–H and O–H groups in total. The van der Waals surface area contributed by atoms with E-state index in [0.717, 1.165) is 31.2 Å². The molecular formula is C18H25NO3. The van der Waals surface area contributed by atoms with Crippen LogP contribution in [-0.4, -0.2) is 35.3 Å². The normalized spacial score (nSPS) is 17.0. The third-order valence-electron chi connectivity index (χ3n) is 4.21. The fourth-order valence-corrected chi connectivity index (χ4v) is 2.80. The van der Waals surface area contributed by atoms with Crippen LogP contribution in [0.25, 0.3) is 0 Å². The van der Waals surface area contributed by atoms with Crippen LogP contribution >= 0.6 is 0 Å². The van der Waals surface area contributed by atoms with Crippen LogP contribution in [0.5, 0.6) is 0 Å². The molecule has 4 nitrogen and oxygen atoms in total. The number of carbonyl (C=O) groups is 1. The van der Waals surface area contributed by atoms with Crippen molar-refractivity contribution in [3.8, 4) is 0 Å². The molecule has 2 rings (SSSR count). The number of aliphatic hydroxyl groups excluding tert-OH is 1. The van der Waals surface area contributed by atoms with Crippen molar-refractivity contribution in [3.63, 3.8) is 0 Å². The summed E-state index contributed by atoms with van der Waals surface area (Å²) in [5, 5.41) is 10.1. The summed E-state index contributed by atoms with van der Waals surface area (Å²) >= 11 is 0. The van der Waals surface area contributed by atoms with E-state index in [1.54, 1.807) is 4.90 Å². The number of nitrogens with zero attached hydrogens (tertiary/aromatic N) is 1. The largest absolute Gasteiger partial charge is 0.445 e. The summed E-state index contributed by atoms with van der Waals surface area (Å²) in [5.74, 6) is 0.276. The SMILES string of the molecule is C=CCCC(O)C1CCN(C(=O)OCc2ccccc2)CC1. The lowest BCUT2D eigenvalue weighted by Gasteiger charge is -2.33. The maximum absolute atomic E-state index is 12.0. The molecule has 1 atom stereocenters. The summed E-state index contributed by atoms with van der Waals surface area (Å²) in [6.45, 7) is 5.30. The highest BCUT2D eigenvalue weighted by Gasteiger charge is 2.27. The molecule has 1 saturated heterocycles. The molecule has 1 aliphatic heterocycles. The standard InChI is InChI=1S/C18H25NO3/c1-2-3-9-17(20)16-10-12-19(13-11-16)18(21)22-14-15-7-5-4-6-8-15/h2,4-8,16-17,20H,1,3,9-14H2. The quantitative estimate of drug-likeness (QED) is 0.820. The predicted octanol–water partition coefficient (Wildman–Crippen LogP) is 3.36. The number of hydrogen-bond acceptors (Lipinski definition) is 3. The highest BCUT2D eigenvalue weighted by molar-refractivity contribution is 5.67. The van der Waals surface area contributed by atoms with Gasteiger partial charge < -0.3 is 14.7 Å². The molecule has 1 aliphatic rings.